The predicted molar refractivity (Wildman–Crippen MR) is 78.6 cm³/mol. The fraction of sp³-hybridized carbons (Fsp3) is 0.429. The molecule has 3 rings (SSSR count). The Morgan fingerprint density at radius 1 is 1.45 bits per heavy atom. The summed E-state index contributed by atoms with van der Waals surface area (Å²) in [4.78, 5) is 11.2. The molecule has 1 aliphatic rings. The van der Waals surface area contributed by atoms with E-state index in [-0.39, 0.29) is 18.8 Å². The molecule has 1 aromatic heterocycles. The van der Waals surface area contributed by atoms with Gasteiger partial charge in [-0.25, -0.2) is 12.7 Å². The van der Waals surface area contributed by atoms with E-state index in [2.05, 4.69) is 5.16 Å². The van der Waals surface area contributed by atoms with Crippen LogP contribution >= 0.6 is 0 Å². The fourth-order valence-corrected chi connectivity index (χ4v) is 4.22. The van der Waals surface area contributed by atoms with Crippen molar-refractivity contribution in [3.63, 3.8) is 0 Å². The number of fused-ring (bicyclic) bond motifs is 1. The van der Waals surface area contributed by atoms with Crippen molar-refractivity contribution in [1.29, 1.82) is 0 Å². The Morgan fingerprint density at radius 2 is 2.18 bits per heavy atom. The van der Waals surface area contributed by atoms with Gasteiger partial charge in [0.1, 0.15) is 11.4 Å². The lowest BCUT2D eigenvalue weighted by molar-refractivity contribution is -0.146. The number of nitrogens with zero attached hydrogens (tertiary/aromatic N) is 2. The van der Waals surface area contributed by atoms with Crippen molar-refractivity contribution in [3.05, 3.63) is 30.0 Å². The van der Waals surface area contributed by atoms with Crippen molar-refractivity contribution in [2.45, 2.75) is 19.1 Å². The molecule has 0 amide bonds. The molecule has 0 radical (unpaired) electrons. The summed E-state index contributed by atoms with van der Waals surface area (Å²) in [5.74, 6) is -1.27. The Balaban J connectivity index is 1.84. The van der Waals surface area contributed by atoms with Gasteiger partial charge < -0.3 is 9.63 Å². The number of aliphatic carboxylic acids is 1. The molecule has 7 nitrogen and oxygen atoms in total. The third kappa shape index (κ3) is 2.48. The highest BCUT2D eigenvalue weighted by atomic mass is 32.2. The zero-order chi connectivity index (χ0) is 16.0. The van der Waals surface area contributed by atoms with Gasteiger partial charge in [-0.1, -0.05) is 17.3 Å². The standard InChI is InChI=1S/C14H16N2O5S/c1-14(13(17)18)6-7-16(9-14)22(19,20)8-11-10-4-2-3-5-12(10)21-15-11/h2-5H,6-9H2,1H3,(H,17,18). The monoisotopic (exact) mass is 324 g/mol. The van der Waals surface area contributed by atoms with E-state index in [0.29, 0.717) is 23.1 Å². The summed E-state index contributed by atoms with van der Waals surface area (Å²) in [5, 5.41) is 13.7. The van der Waals surface area contributed by atoms with Crippen LogP contribution in [0.3, 0.4) is 0 Å². The summed E-state index contributed by atoms with van der Waals surface area (Å²) in [6, 6.07) is 7.04. The molecule has 0 aliphatic carbocycles. The first-order chi connectivity index (χ1) is 10.3. The second-order valence-corrected chi connectivity index (χ2v) is 7.80. The lowest BCUT2D eigenvalue weighted by atomic mass is 9.90. The normalized spacial score (nSPS) is 23.1. The van der Waals surface area contributed by atoms with E-state index in [1.165, 1.54) is 4.31 Å². The topological polar surface area (TPSA) is 101 Å². The Bertz CT molecular complexity index is 829. The molecule has 0 saturated carbocycles. The van der Waals surface area contributed by atoms with E-state index in [1.807, 2.05) is 0 Å². The highest BCUT2D eigenvalue weighted by Crippen LogP contribution is 2.33. The second kappa shape index (κ2) is 5.06. The number of carboxylic acid groups (broad SMARTS) is 1. The number of benzene rings is 1. The minimum atomic E-state index is -3.63. The molecule has 1 unspecified atom stereocenters. The molecule has 1 N–H and O–H groups in total. The van der Waals surface area contributed by atoms with Gasteiger partial charge in [-0.15, -0.1) is 0 Å². The number of carboxylic acids is 1. The summed E-state index contributed by atoms with van der Waals surface area (Å²) in [5.41, 5.74) is -0.150. The van der Waals surface area contributed by atoms with E-state index in [4.69, 9.17) is 4.52 Å². The third-order valence-corrected chi connectivity index (χ3v) is 5.86. The number of para-hydroxylation sites is 1. The Morgan fingerprint density at radius 3 is 2.86 bits per heavy atom. The smallest absolute Gasteiger partial charge is 0.310 e. The van der Waals surface area contributed by atoms with Crippen LogP contribution in [-0.4, -0.2) is 42.0 Å². The zero-order valence-corrected chi connectivity index (χ0v) is 12.8. The van der Waals surface area contributed by atoms with Crippen molar-refractivity contribution in [2.24, 2.45) is 5.41 Å². The fourth-order valence-electron chi connectivity index (χ4n) is 2.64. The van der Waals surface area contributed by atoms with Gasteiger partial charge in [0.25, 0.3) is 0 Å². The highest BCUT2D eigenvalue weighted by molar-refractivity contribution is 7.88. The van der Waals surface area contributed by atoms with Crippen molar-refractivity contribution in [1.82, 2.24) is 9.46 Å². The lowest BCUT2D eigenvalue weighted by Crippen LogP contribution is -2.35. The van der Waals surface area contributed by atoms with E-state index in [0.717, 1.165) is 0 Å². The van der Waals surface area contributed by atoms with Crippen LogP contribution in [0.2, 0.25) is 0 Å². The maximum absolute atomic E-state index is 12.5. The van der Waals surface area contributed by atoms with E-state index >= 15 is 0 Å². The Kier molecular flexibility index (Phi) is 3.45. The van der Waals surface area contributed by atoms with Crippen molar-refractivity contribution >= 4 is 27.0 Å². The molecule has 0 spiro atoms. The summed E-state index contributed by atoms with van der Waals surface area (Å²) < 4.78 is 31.3. The van der Waals surface area contributed by atoms with Crippen LogP contribution < -0.4 is 0 Å². The zero-order valence-electron chi connectivity index (χ0n) is 12.0. The van der Waals surface area contributed by atoms with Crippen LogP contribution in [0.25, 0.3) is 11.0 Å². The molecular formula is C14H16N2O5S. The molecule has 1 saturated heterocycles. The third-order valence-electron chi connectivity index (χ3n) is 4.12. The first-order valence-corrected chi connectivity index (χ1v) is 8.47. The average molecular weight is 324 g/mol. The SMILES string of the molecule is CC1(C(=O)O)CCN(S(=O)(=O)Cc2noc3ccccc23)C1. The first-order valence-electron chi connectivity index (χ1n) is 6.86. The quantitative estimate of drug-likeness (QED) is 0.913. The minimum absolute atomic E-state index is 0.0134. The van der Waals surface area contributed by atoms with Crippen LogP contribution in [0.15, 0.2) is 28.8 Å². The summed E-state index contributed by atoms with van der Waals surface area (Å²) in [7, 11) is -3.63. The van der Waals surface area contributed by atoms with Gasteiger partial charge in [-0.05, 0) is 25.5 Å². The van der Waals surface area contributed by atoms with E-state index in [9.17, 15) is 18.3 Å². The molecule has 8 heteroatoms. The van der Waals surface area contributed by atoms with Gasteiger partial charge in [0.15, 0.2) is 5.58 Å². The van der Waals surface area contributed by atoms with Gasteiger partial charge in [-0.2, -0.15) is 0 Å². The molecule has 2 heterocycles. The molecule has 1 atom stereocenters. The number of aromatic nitrogens is 1. The van der Waals surface area contributed by atoms with Gasteiger partial charge >= 0.3 is 5.97 Å². The van der Waals surface area contributed by atoms with Crippen molar-refractivity contribution < 1.29 is 22.8 Å². The number of hydrogen-bond donors (Lipinski definition) is 1. The van der Waals surface area contributed by atoms with Gasteiger partial charge in [0, 0.05) is 18.5 Å². The molecule has 1 aromatic carbocycles. The van der Waals surface area contributed by atoms with Crippen LogP contribution in [0.4, 0.5) is 0 Å². The number of hydrogen-bond acceptors (Lipinski definition) is 5. The summed E-state index contributed by atoms with van der Waals surface area (Å²) in [6.07, 6.45) is 0.307. The number of sulfonamides is 1. The average Bonchev–Trinajstić information content (AvgIpc) is 3.05. The second-order valence-electron chi connectivity index (χ2n) is 5.83. The summed E-state index contributed by atoms with van der Waals surface area (Å²) in [6.45, 7) is 1.76. The molecular weight excluding hydrogens is 308 g/mol. The summed E-state index contributed by atoms with van der Waals surface area (Å²) >= 11 is 0. The van der Waals surface area contributed by atoms with Crippen molar-refractivity contribution in [3.8, 4) is 0 Å². The van der Waals surface area contributed by atoms with Gasteiger partial charge in [0.2, 0.25) is 10.0 Å². The highest BCUT2D eigenvalue weighted by Gasteiger charge is 2.44. The van der Waals surface area contributed by atoms with E-state index < -0.39 is 21.4 Å². The maximum Gasteiger partial charge on any atom is 0.310 e. The Labute approximate surface area is 127 Å². The first kappa shape index (κ1) is 15.0. The van der Waals surface area contributed by atoms with Gasteiger partial charge in [0.05, 0.1) is 5.41 Å². The molecule has 22 heavy (non-hydrogen) atoms. The maximum atomic E-state index is 12.5. The van der Waals surface area contributed by atoms with Crippen LogP contribution in [-0.2, 0) is 20.6 Å². The molecule has 2 aromatic rings. The van der Waals surface area contributed by atoms with Crippen molar-refractivity contribution in [2.75, 3.05) is 13.1 Å². The minimum Gasteiger partial charge on any atom is -0.481 e. The van der Waals surface area contributed by atoms with Crippen LogP contribution in [0, 0.1) is 5.41 Å². The van der Waals surface area contributed by atoms with Crippen LogP contribution in [0.5, 0.6) is 0 Å². The number of carbonyl (C=O) groups is 1. The molecule has 1 fully saturated rings. The predicted octanol–water partition coefficient (Wildman–Crippen LogP) is 1.45. The van der Waals surface area contributed by atoms with Gasteiger partial charge in [-0.3, -0.25) is 4.79 Å². The lowest BCUT2D eigenvalue weighted by Gasteiger charge is -2.19. The molecule has 0 bridgehead atoms. The van der Waals surface area contributed by atoms with E-state index in [1.54, 1.807) is 31.2 Å². The largest absolute Gasteiger partial charge is 0.481 e. The van der Waals surface area contributed by atoms with Crippen LogP contribution in [0.1, 0.15) is 19.0 Å². The number of rotatable bonds is 4. The Hall–Kier alpha value is -1.93. The molecule has 1 aliphatic heterocycles. The molecule has 118 valence electrons.